The summed E-state index contributed by atoms with van der Waals surface area (Å²) in [6, 6.07) is 17.9. The second kappa shape index (κ2) is 14.5. The summed E-state index contributed by atoms with van der Waals surface area (Å²) in [5, 5.41) is 15.0. The average molecular weight is 532 g/mol. The number of nitrogens with zero attached hydrogens (tertiary/aromatic N) is 2. The molecule has 0 spiro atoms. The molecule has 0 N–H and O–H groups in total. The van der Waals surface area contributed by atoms with Crippen molar-refractivity contribution in [2.75, 3.05) is 40.5 Å². The van der Waals surface area contributed by atoms with Crippen molar-refractivity contribution in [2.45, 2.75) is 25.7 Å². The summed E-state index contributed by atoms with van der Waals surface area (Å²) in [6.07, 6.45) is -1.48. The summed E-state index contributed by atoms with van der Waals surface area (Å²) in [7, 11) is 2.80. The number of carbonyl (C=O) groups excluding carboxylic acids is 2. The van der Waals surface area contributed by atoms with Gasteiger partial charge in [0.15, 0.2) is 0 Å². The lowest BCUT2D eigenvalue weighted by molar-refractivity contribution is -0.173. The molecule has 0 aliphatic carbocycles. The SMILES string of the molecule is CC(OC(=O)COCCON(C)[O-])OC(=O)N(C)CC[C@H](Oc1cccc2ccccc12)c1cccs1. The number of benzene rings is 2. The number of hydroxylamine groups is 2. The van der Waals surface area contributed by atoms with Crippen molar-refractivity contribution >= 4 is 34.2 Å². The molecule has 0 saturated heterocycles. The fraction of sp³-hybridized carbons (Fsp3) is 0.385. The second-order valence-electron chi connectivity index (χ2n) is 8.08. The number of ether oxygens (including phenoxy) is 4. The molecule has 37 heavy (non-hydrogen) atoms. The van der Waals surface area contributed by atoms with Crippen molar-refractivity contribution in [3.05, 3.63) is 70.1 Å². The van der Waals surface area contributed by atoms with Crippen LogP contribution in [-0.2, 0) is 23.8 Å². The summed E-state index contributed by atoms with van der Waals surface area (Å²) in [5.74, 6) is 0.0655. The lowest BCUT2D eigenvalue weighted by Gasteiger charge is -2.24. The number of carbonyl (C=O) groups is 2. The summed E-state index contributed by atoms with van der Waals surface area (Å²) in [5.41, 5.74) is 0. The third kappa shape index (κ3) is 9.30. The normalized spacial score (nSPS) is 12.8. The average Bonchev–Trinajstić information content (AvgIpc) is 3.40. The van der Waals surface area contributed by atoms with Gasteiger partial charge < -0.3 is 33.9 Å². The molecular weight excluding hydrogens is 500 g/mol. The molecule has 0 aliphatic rings. The van der Waals surface area contributed by atoms with E-state index < -0.39 is 18.4 Å². The highest BCUT2D eigenvalue weighted by Gasteiger charge is 2.21. The molecule has 1 heterocycles. The van der Waals surface area contributed by atoms with Gasteiger partial charge in [0.25, 0.3) is 0 Å². The van der Waals surface area contributed by atoms with Gasteiger partial charge in [-0.2, -0.15) is 0 Å². The Morgan fingerprint density at radius 3 is 2.54 bits per heavy atom. The Balaban J connectivity index is 1.48. The number of amides is 1. The summed E-state index contributed by atoms with van der Waals surface area (Å²) in [4.78, 5) is 31.4. The zero-order valence-corrected chi connectivity index (χ0v) is 21.8. The van der Waals surface area contributed by atoms with Gasteiger partial charge in [0, 0.05) is 37.2 Å². The van der Waals surface area contributed by atoms with Gasteiger partial charge in [-0.25, -0.2) is 9.59 Å². The van der Waals surface area contributed by atoms with Gasteiger partial charge in [0.2, 0.25) is 6.29 Å². The van der Waals surface area contributed by atoms with E-state index in [9.17, 15) is 14.8 Å². The Labute approximate surface area is 219 Å². The molecule has 11 heteroatoms. The quantitative estimate of drug-likeness (QED) is 0.126. The van der Waals surface area contributed by atoms with Crippen LogP contribution in [0.3, 0.4) is 0 Å². The maximum absolute atomic E-state index is 12.5. The Hall–Kier alpha value is -3.22. The number of esters is 1. The van der Waals surface area contributed by atoms with Gasteiger partial charge in [0.05, 0.1) is 13.2 Å². The van der Waals surface area contributed by atoms with Crippen LogP contribution in [0.15, 0.2) is 60.0 Å². The molecule has 0 aliphatic heterocycles. The maximum atomic E-state index is 12.5. The molecule has 1 aromatic heterocycles. The van der Waals surface area contributed by atoms with Gasteiger partial charge in [0.1, 0.15) is 18.5 Å². The minimum absolute atomic E-state index is 0.000703. The van der Waals surface area contributed by atoms with Crippen LogP contribution in [0.25, 0.3) is 10.8 Å². The first-order valence-corrected chi connectivity index (χ1v) is 12.6. The topological polar surface area (TPSA) is 110 Å². The van der Waals surface area contributed by atoms with Crippen LogP contribution in [0, 0.1) is 5.21 Å². The van der Waals surface area contributed by atoms with Crippen molar-refractivity contribution in [1.82, 2.24) is 10.1 Å². The van der Waals surface area contributed by atoms with Crippen LogP contribution in [0.5, 0.6) is 5.75 Å². The number of hydrogen-bond acceptors (Lipinski definition) is 10. The van der Waals surface area contributed by atoms with E-state index in [1.54, 1.807) is 18.4 Å². The molecule has 2 aromatic carbocycles. The van der Waals surface area contributed by atoms with Gasteiger partial charge in [-0.05, 0) is 29.9 Å². The van der Waals surface area contributed by atoms with Gasteiger partial charge in [-0.3, -0.25) is 5.23 Å². The first-order chi connectivity index (χ1) is 17.8. The van der Waals surface area contributed by atoms with Crippen molar-refractivity contribution in [3.8, 4) is 5.75 Å². The zero-order valence-electron chi connectivity index (χ0n) is 21.0. The highest BCUT2D eigenvalue weighted by atomic mass is 32.1. The second-order valence-corrected chi connectivity index (χ2v) is 9.06. The summed E-state index contributed by atoms with van der Waals surface area (Å²) >= 11 is 1.59. The molecule has 3 aromatic rings. The number of thiophene rings is 1. The largest absolute Gasteiger partial charge is 0.762 e. The van der Waals surface area contributed by atoms with Crippen LogP contribution in [-0.4, -0.2) is 68.9 Å². The lowest BCUT2D eigenvalue weighted by Crippen LogP contribution is -2.34. The van der Waals surface area contributed by atoms with Crippen molar-refractivity contribution in [3.63, 3.8) is 0 Å². The number of rotatable bonds is 14. The molecular formula is C26H31N2O8S-. The van der Waals surface area contributed by atoms with Crippen molar-refractivity contribution in [2.24, 2.45) is 0 Å². The fourth-order valence-electron chi connectivity index (χ4n) is 3.44. The van der Waals surface area contributed by atoms with E-state index in [2.05, 4.69) is 4.84 Å². The first-order valence-electron chi connectivity index (χ1n) is 11.7. The van der Waals surface area contributed by atoms with E-state index in [-0.39, 0.29) is 31.2 Å². The molecule has 0 bridgehead atoms. The van der Waals surface area contributed by atoms with Crippen molar-refractivity contribution < 1.29 is 33.4 Å². The zero-order chi connectivity index (χ0) is 26.6. The van der Waals surface area contributed by atoms with Crippen LogP contribution >= 0.6 is 11.3 Å². The van der Waals surface area contributed by atoms with E-state index >= 15 is 0 Å². The van der Waals surface area contributed by atoms with E-state index in [1.807, 2.05) is 60.0 Å². The minimum atomic E-state index is -1.10. The van der Waals surface area contributed by atoms with Crippen LogP contribution in [0.1, 0.15) is 24.3 Å². The molecule has 0 radical (unpaired) electrons. The predicted octanol–water partition coefficient (Wildman–Crippen LogP) is 4.75. The highest BCUT2D eigenvalue weighted by molar-refractivity contribution is 7.10. The van der Waals surface area contributed by atoms with Gasteiger partial charge in [-0.1, -0.05) is 42.5 Å². The van der Waals surface area contributed by atoms with Crippen LogP contribution < -0.4 is 4.74 Å². The minimum Gasteiger partial charge on any atom is -0.762 e. The lowest BCUT2D eigenvalue weighted by atomic mass is 10.1. The molecule has 10 nitrogen and oxygen atoms in total. The molecule has 200 valence electrons. The molecule has 0 fully saturated rings. The maximum Gasteiger partial charge on any atom is 0.412 e. The molecule has 3 rings (SSSR count). The van der Waals surface area contributed by atoms with E-state index in [0.717, 1.165) is 21.4 Å². The van der Waals surface area contributed by atoms with E-state index in [0.29, 0.717) is 13.0 Å². The fourth-order valence-corrected chi connectivity index (χ4v) is 4.23. The Morgan fingerprint density at radius 2 is 1.78 bits per heavy atom. The third-order valence-electron chi connectivity index (χ3n) is 5.20. The number of fused-ring (bicyclic) bond motifs is 1. The van der Waals surface area contributed by atoms with Gasteiger partial charge in [-0.15, -0.1) is 11.3 Å². The van der Waals surface area contributed by atoms with Crippen LogP contribution in [0.4, 0.5) is 4.79 Å². The third-order valence-corrected chi connectivity index (χ3v) is 6.17. The smallest absolute Gasteiger partial charge is 0.412 e. The Morgan fingerprint density at radius 1 is 1.00 bits per heavy atom. The van der Waals surface area contributed by atoms with E-state index in [4.69, 9.17) is 18.9 Å². The Bertz CT molecular complexity index is 1120. The molecule has 2 atom stereocenters. The number of hydrogen-bond donors (Lipinski definition) is 0. The Kier molecular flexibility index (Phi) is 11.1. The van der Waals surface area contributed by atoms with Crippen molar-refractivity contribution in [1.29, 1.82) is 0 Å². The van der Waals surface area contributed by atoms with Gasteiger partial charge >= 0.3 is 12.1 Å². The first kappa shape index (κ1) is 28.4. The van der Waals surface area contributed by atoms with Crippen LogP contribution in [0.2, 0.25) is 0 Å². The standard InChI is InChI=1S/C26H31N2O8S/c1-19(34-25(29)18-32-15-16-33-28(3)31)35-26(30)27(2)14-13-23(24-12-7-17-37-24)36-22-11-6-9-20-8-4-5-10-21(20)22/h4-12,17,19,23H,13-16,18H2,1-3H3/q-1/t19?,23-/m0/s1. The summed E-state index contributed by atoms with van der Waals surface area (Å²) < 4.78 is 21.7. The highest BCUT2D eigenvalue weighted by Crippen LogP contribution is 2.33. The molecule has 0 saturated carbocycles. The van der Waals surface area contributed by atoms with E-state index in [1.165, 1.54) is 18.9 Å². The molecule has 1 amide bonds. The predicted molar refractivity (Wildman–Crippen MR) is 139 cm³/mol. The molecule has 1 unspecified atom stereocenters. The summed E-state index contributed by atoms with van der Waals surface area (Å²) in [6.45, 7) is 1.46. The monoisotopic (exact) mass is 531 g/mol.